The van der Waals surface area contributed by atoms with Gasteiger partial charge in [0.25, 0.3) is 11.5 Å². The molecule has 16 heteroatoms. The Kier molecular flexibility index (Phi) is 11.7. The lowest BCUT2D eigenvalue weighted by molar-refractivity contribution is -0.132. The quantitative estimate of drug-likeness (QED) is 0.215. The molecule has 6 rings (SSSR count). The minimum atomic E-state index is -0.928. The first-order valence-corrected chi connectivity index (χ1v) is 18.6. The van der Waals surface area contributed by atoms with Crippen molar-refractivity contribution in [2.45, 2.75) is 84.9 Å². The molecule has 0 bridgehead atoms. The zero-order valence-corrected chi connectivity index (χ0v) is 32.0. The SMILES string of the molecule is CC(C)n1cc(C(=O)Nc2ccc(Oc3ncnc4c3CCN(C(=O)CCC3CCN(C(=O)OC(C)(C)C)CC3)C4)c(F)c2)c(=O)n(-c2ccc(F)cc2)c1=O. The third-order valence-electron chi connectivity index (χ3n) is 9.75. The fourth-order valence-corrected chi connectivity index (χ4v) is 6.72. The number of fused-ring (bicyclic) bond motifs is 1. The van der Waals surface area contributed by atoms with E-state index in [2.05, 4.69) is 15.3 Å². The predicted molar refractivity (Wildman–Crippen MR) is 202 cm³/mol. The van der Waals surface area contributed by atoms with Crippen molar-refractivity contribution in [1.29, 1.82) is 0 Å². The highest BCUT2D eigenvalue weighted by atomic mass is 19.1. The zero-order chi connectivity index (χ0) is 40.3. The summed E-state index contributed by atoms with van der Waals surface area (Å²) in [5.41, 5.74) is -1.23. The third-order valence-corrected chi connectivity index (χ3v) is 9.75. The largest absolute Gasteiger partial charge is 0.444 e. The van der Waals surface area contributed by atoms with E-state index in [1.807, 2.05) is 20.8 Å². The highest BCUT2D eigenvalue weighted by Crippen LogP contribution is 2.32. The van der Waals surface area contributed by atoms with E-state index < -0.39 is 40.4 Å². The number of rotatable bonds is 9. The van der Waals surface area contributed by atoms with Crippen molar-refractivity contribution in [3.63, 3.8) is 0 Å². The molecule has 0 spiro atoms. The van der Waals surface area contributed by atoms with Gasteiger partial charge in [-0.2, -0.15) is 0 Å². The molecule has 0 atom stereocenters. The van der Waals surface area contributed by atoms with Gasteiger partial charge < -0.3 is 24.6 Å². The average molecular weight is 774 g/mol. The first kappa shape index (κ1) is 39.8. The Morgan fingerprint density at radius 3 is 2.34 bits per heavy atom. The predicted octanol–water partition coefficient (Wildman–Crippen LogP) is 6.00. The molecule has 56 heavy (non-hydrogen) atoms. The molecule has 0 saturated carbocycles. The maximum absolute atomic E-state index is 15.4. The van der Waals surface area contributed by atoms with Gasteiger partial charge in [0.1, 0.15) is 23.3 Å². The van der Waals surface area contributed by atoms with Crippen molar-refractivity contribution < 1.29 is 32.6 Å². The van der Waals surface area contributed by atoms with Crippen LogP contribution < -0.4 is 21.3 Å². The van der Waals surface area contributed by atoms with E-state index >= 15 is 4.39 Å². The number of amides is 3. The van der Waals surface area contributed by atoms with Crippen LogP contribution in [-0.4, -0.2) is 72.0 Å². The maximum atomic E-state index is 15.4. The van der Waals surface area contributed by atoms with Crippen LogP contribution in [0.5, 0.6) is 11.6 Å². The van der Waals surface area contributed by atoms with Gasteiger partial charge in [-0.05, 0) is 103 Å². The van der Waals surface area contributed by atoms with E-state index in [1.54, 1.807) is 23.6 Å². The molecular weight excluding hydrogens is 728 g/mol. The molecule has 14 nitrogen and oxygen atoms in total. The summed E-state index contributed by atoms with van der Waals surface area (Å²) in [6.07, 6.45) is 5.24. The van der Waals surface area contributed by atoms with Crippen LogP contribution in [0.3, 0.4) is 0 Å². The van der Waals surface area contributed by atoms with Crippen molar-refractivity contribution in [2.24, 2.45) is 5.92 Å². The molecule has 2 aliphatic heterocycles. The summed E-state index contributed by atoms with van der Waals surface area (Å²) in [6, 6.07) is 8.00. The van der Waals surface area contributed by atoms with Crippen LogP contribution in [0.4, 0.5) is 19.3 Å². The van der Waals surface area contributed by atoms with Crippen molar-refractivity contribution >= 4 is 23.6 Å². The highest BCUT2D eigenvalue weighted by molar-refractivity contribution is 6.03. The van der Waals surface area contributed by atoms with E-state index in [0.717, 1.165) is 48.2 Å². The fraction of sp³-hybridized carbons (Fsp3) is 0.425. The van der Waals surface area contributed by atoms with Gasteiger partial charge in [0.05, 0.1) is 17.9 Å². The summed E-state index contributed by atoms with van der Waals surface area (Å²) in [5, 5.41) is 2.51. The molecule has 0 radical (unpaired) electrons. The summed E-state index contributed by atoms with van der Waals surface area (Å²) in [5.74, 6) is -1.97. The van der Waals surface area contributed by atoms with Crippen LogP contribution >= 0.6 is 0 Å². The molecule has 0 aliphatic carbocycles. The van der Waals surface area contributed by atoms with Crippen LogP contribution in [0.15, 0.2) is 64.6 Å². The number of anilines is 1. The Balaban J connectivity index is 1.07. The molecule has 2 aromatic carbocycles. The zero-order valence-electron chi connectivity index (χ0n) is 32.0. The van der Waals surface area contributed by atoms with Gasteiger partial charge in [-0.15, -0.1) is 0 Å². The fourth-order valence-electron chi connectivity index (χ4n) is 6.72. The number of likely N-dealkylation sites (tertiary alicyclic amines) is 1. The number of piperidine rings is 1. The molecular formula is C40H45F2N7O7. The molecule has 1 fully saturated rings. The Bertz CT molecular complexity index is 2240. The molecule has 3 amide bonds. The minimum absolute atomic E-state index is 0.00681. The number of nitrogens with zero attached hydrogens (tertiary/aromatic N) is 6. The third kappa shape index (κ3) is 9.12. The van der Waals surface area contributed by atoms with Crippen molar-refractivity contribution in [3.8, 4) is 17.3 Å². The number of carbonyl (C=O) groups is 3. The average Bonchev–Trinajstić information content (AvgIpc) is 3.15. The van der Waals surface area contributed by atoms with Gasteiger partial charge in [-0.3, -0.25) is 19.0 Å². The summed E-state index contributed by atoms with van der Waals surface area (Å²) < 4.78 is 42.4. The van der Waals surface area contributed by atoms with Crippen LogP contribution in [0, 0.1) is 17.6 Å². The van der Waals surface area contributed by atoms with E-state index in [9.17, 15) is 28.4 Å². The van der Waals surface area contributed by atoms with Gasteiger partial charge in [0.15, 0.2) is 11.6 Å². The van der Waals surface area contributed by atoms with Gasteiger partial charge in [-0.25, -0.2) is 32.9 Å². The first-order valence-electron chi connectivity index (χ1n) is 18.6. The Morgan fingerprint density at radius 2 is 1.68 bits per heavy atom. The lowest BCUT2D eigenvalue weighted by atomic mass is 9.92. The normalized spacial score (nSPS) is 14.7. The van der Waals surface area contributed by atoms with E-state index in [4.69, 9.17) is 9.47 Å². The van der Waals surface area contributed by atoms with Crippen molar-refractivity contribution in [2.75, 3.05) is 25.0 Å². The number of carbonyl (C=O) groups excluding carboxylic acids is 3. The molecule has 2 aromatic heterocycles. The topological polar surface area (TPSA) is 158 Å². The van der Waals surface area contributed by atoms with E-state index in [0.29, 0.717) is 49.7 Å². The molecule has 4 aromatic rings. The lowest BCUT2D eigenvalue weighted by Gasteiger charge is -2.34. The summed E-state index contributed by atoms with van der Waals surface area (Å²) in [7, 11) is 0. The lowest BCUT2D eigenvalue weighted by Crippen LogP contribution is -2.42. The summed E-state index contributed by atoms with van der Waals surface area (Å²) in [6.45, 7) is 10.8. The molecule has 1 saturated heterocycles. The molecule has 0 unspecified atom stereocenters. The van der Waals surface area contributed by atoms with Crippen LogP contribution in [0.25, 0.3) is 5.69 Å². The van der Waals surface area contributed by atoms with Crippen molar-refractivity contribution in [3.05, 3.63) is 104 Å². The molecule has 296 valence electrons. The second kappa shape index (κ2) is 16.4. The Morgan fingerprint density at radius 1 is 0.964 bits per heavy atom. The number of hydrogen-bond donors (Lipinski definition) is 1. The standard InChI is InChI=1S/C40H45F2N7O7/c1-24(2)48-21-30(37(52)49(38(48)53)28-10-7-26(41)8-11-28)35(51)45-27-9-12-33(31(42)20-27)55-36-29-16-19-47(22-32(29)43-23-44-36)34(50)13-6-25-14-17-46(18-15-25)39(54)56-40(3,4)5/h7-12,20-21,23-25H,6,13-19,22H2,1-5H3,(H,45,51). The number of ether oxygens (including phenoxy) is 2. The van der Waals surface area contributed by atoms with E-state index in [1.165, 1.54) is 35.2 Å². The first-order chi connectivity index (χ1) is 26.6. The summed E-state index contributed by atoms with van der Waals surface area (Å²) >= 11 is 0. The van der Waals surface area contributed by atoms with Gasteiger partial charge >= 0.3 is 11.8 Å². The van der Waals surface area contributed by atoms with Crippen LogP contribution in [0.1, 0.15) is 88.0 Å². The molecule has 2 aliphatic rings. The van der Waals surface area contributed by atoms with E-state index in [-0.39, 0.29) is 47.1 Å². The number of benzene rings is 2. The maximum Gasteiger partial charge on any atom is 0.410 e. The van der Waals surface area contributed by atoms with Crippen molar-refractivity contribution in [1.82, 2.24) is 28.9 Å². The monoisotopic (exact) mass is 773 g/mol. The van der Waals surface area contributed by atoms with Crippen LogP contribution in [0.2, 0.25) is 0 Å². The second-order valence-corrected chi connectivity index (χ2v) is 15.3. The van der Waals surface area contributed by atoms with Gasteiger partial charge in [-0.1, -0.05) is 0 Å². The molecule has 1 N–H and O–H groups in total. The second-order valence-electron chi connectivity index (χ2n) is 15.3. The minimum Gasteiger partial charge on any atom is -0.444 e. The Labute approximate surface area is 322 Å². The number of aromatic nitrogens is 4. The number of halogens is 2. The Hall–Kier alpha value is -5.93. The molecule has 4 heterocycles. The highest BCUT2D eigenvalue weighted by Gasteiger charge is 2.29. The van der Waals surface area contributed by atoms with Gasteiger partial charge in [0.2, 0.25) is 11.8 Å². The van der Waals surface area contributed by atoms with Gasteiger partial charge in [0, 0.05) is 55.6 Å². The van der Waals surface area contributed by atoms with Crippen LogP contribution in [-0.2, 0) is 22.5 Å². The summed E-state index contributed by atoms with van der Waals surface area (Å²) in [4.78, 5) is 77.6. The smallest absolute Gasteiger partial charge is 0.410 e. The number of hydrogen-bond acceptors (Lipinski definition) is 9. The number of nitrogens with one attached hydrogen (secondary N) is 1.